The number of aliphatic carboxylic acids is 1. The van der Waals surface area contributed by atoms with Crippen LogP contribution in [0.3, 0.4) is 0 Å². The maximum absolute atomic E-state index is 12.5. The lowest BCUT2D eigenvalue weighted by atomic mass is 10.0. The van der Waals surface area contributed by atoms with Crippen LogP contribution >= 0.6 is 11.3 Å². The monoisotopic (exact) mass is 310 g/mol. The highest BCUT2D eigenvalue weighted by Gasteiger charge is 2.37. The van der Waals surface area contributed by atoms with Gasteiger partial charge in [-0.3, -0.25) is 0 Å². The second-order valence-corrected chi connectivity index (χ2v) is 6.40. The summed E-state index contributed by atoms with van der Waals surface area (Å²) in [5, 5.41) is 11.4. The Morgan fingerprint density at radius 3 is 2.90 bits per heavy atom. The Labute approximate surface area is 129 Å². The zero-order chi connectivity index (χ0) is 15.4. The topological polar surface area (TPSA) is 60.9 Å². The van der Waals surface area contributed by atoms with E-state index in [1.54, 1.807) is 23.3 Å². The van der Waals surface area contributed by atoms with E-state index in [1.807, 2.05) is 11.4 Å². The molecule has 1 N–H and O–H groups in total. The number of hydrogen-bond acceptors (Lipinski definition) is 3. The molecule has 6 heteroatoms. The van der Waals surface area contributed by atoms with Gasteiger partial charge in [0.15, 0.2) is 6.04 Å². The van der Waals surface area contributed by atoms with E-state index in [-0.39, 0.29) is 6.03 Å². The molecule has 0 saturated carbocycles. The first kappa shape index (κ1) is 15.8. The van der Waals surface area contributed by atoms with E-state index >= 15 is 0 Å². The van der Waals surface area contributed by atoms with Gasteiger partial charge in [0.1, 0.15) is 0 Å². The Morgan fingerprint density at radius 2 is 2.24 bits per heavy atom. The van der Waals surface area contributed by atoms with Crippen molar-refractivity contribution in [2.24, 2.45) is 0 Å². The van der Waals surface area contributed by atoms with Gasteiger partial charge >= 0.3 is 12.0 Å². The van der Waals surface area contributed by atoms with Crippen LogP contribution < -0.4 is 0 Å². The molecule has 1 unspecified atom stereocenters. The standard InChI is InChI=1S/C15H22N2O3S/c1-3-4-5-8-16(2)15(20)17-9-6-12-11(7-10-21-12)13(17)14(18)19/h7,10,13H,3-6,8-9H2,1-2H3,(H,18,19). The molecule has 0 spiro atoms. The highest BCUT2D eigenvalue weighted by Crippen LogP contribution is 2.33. The summed E-state index contributed by atoms with van der Waals surface area (Å²) < 4.78 is 0. The Bertz CT molecular complexity index is 515. The molecular weight excluding hydrogens is 288 g/mol. The number of rotatable bonds is 5. The molecule has 21 heavy (non-hydrogen) atoms. The molecule has 1 aliphatic heterocycles. The quantitative estimate of drug-likeness (QED) is 0.851. The maximum atomic E-state index is 12.5. The van der Waals surface area contributed by atoms with Gasteiger partial charge < -0.3 is 14.9 Å². The Balaban J connectivity index is 2.11. The summed E-state index contributed by atoms with van der Waals surface area (Å²) in [7, 11) is 1.75. The molecule has 2 amide bonds. The molecule has 5 nitrogen and oxygen atoms in total. The first-order chi connectivity index (χ1) is 10.1. The van der Waals surface area contributed by atoms with Gasteiger partial charge in [0.25, 0.3) is 0 Å². The number of thiophene rings is 1. The first-order valence-corrected chi connectivity index (χ1v) is 8.25. The lowest BCUT2D eigenvalue weighted by molar-refractivity contribution is -0.143. The third-order valence-electron chi connectivity index (χ3n) is 3.87. The smallest absolute Gasteiger partial charge is 0.331 e. The van der Waals surface area contributed by atoms with Crippen LogP contribution in [0.2, 0.25) is 0 Å². The molecule has 1 atom stereocenters. The predicted octanol–water partition coefficient (Wildman–Crippen LogP) is 2.97. The van der Waals surface area contributed by atoms with E-state index in [0.29, 0.717) is 13.1 Å². The molecule has 0 saturated heterocycles. The highest BCUT2D eigenvalue weighted by molar-refractivity contribution is 7.10. The average Bonchev–Trinajstić information content (AvgIpc) is 2.93. The van der Waals surface area contributed by atoms with Gasteiger partial charge in [-0.15, -0.1) is 11.3 Å². The summed E-state index contributed by atoms with van der Waals surface area (Å²) >= 11 is 1.57. The first-order valence-electron chi connectivity index (χ1n) is 7.37. The lowest BCUT2D eigenvalue weighted by Gasteiger charge is -2.35. The van der Waals surface area contributed by atoms with E-state index < -0.39 is 12.0 Å². The zero-order valence-electron chi connectivity index (χ0n) is 12.5. The number of hydrogen-bond donors (Lipinski definition) is 1. The largest absolute Gasteiger partial charge is 0.479 e. The van der Waals surface area contributed by atoms with E-state index in [9.17, 15) is 14.7 Å². The Kier molecular flexibility index (Phi) is 5.22. The molecule has 2 heterocycles. The molecule has 0 radical (unpaired) electrons. The second-order valence-electron chi connectivity index (χ2n) is 5.39. The maximum Gasteiger partial charge on any atom is 0.331 e. The third-order valence-corrected chi connectivity index (χ3v) is 4.87. The Hall–Kier alpha value is -1.56. The van der Waals surface area contributed by atoms with E-state index in [0.717, 1.165) is 36.1 Å². The van der Waals surface area contributed by atoms with Crippen LogP contribution in [0.4, 0.5) is 4.79 Å². The van der Waals surface area contributed by atoms with E-state index in [4.69, 9.17) is 0 Å². The summed E-state index contributed by atoms with van der Waals surface area (Å²) in [5.41, 5.74) is 0.772. The van der Waals surface area contributed by atoms with Gasteiger partial charge in [-0.1, -0.05) is 19.8 Å². The van der Waals surface area contributed by atoms with Crippen LogP contribution in [-0.2, 0) is 11.2 Å². The van der Waals surface area contributed by atoms with Gasteiger partial charge in [-0.05, 0) is 29.9 Å². The zero-order valence-corrected chi connectivity index (χ0v) is 13.4. The lowest BCUT2D eigenvalue weighted by Crippen LogP contribution is -2.48. The van der Waals surface area contributed by atoms with Crippen molar-refractivity contribution < 1.29 is 14.7 Å². The van der Waals surface area contributed by atoms with Crippen molar-refractivity contribution in [1.29, 1.82) is 0 Å². The predicted molar refractivity (Wildman–Crippen MR) is 82.7 cm³/mol. The fourth-order valence-corrected chi connectivity index (χ4v) is 3.61. The summed E-state index contributed by atoms with van der Waals surface area (Å²) in [5.74, 6) is -0.954. The number of urea groups is 1. The fourth-order valence-electron chi connectivity index (χ4n) is 2.70. The van der Waals surface area contributed by atoms with Crippen LogP contribution in [0, 0.1) is 0 Å². The van der Waals surface area contributed by atoms with Crippen LogP contribution in [0.1, 0.15) is 42.7 Å². The van der Waals surface area contributed by atoms with Gasteiger partial charge in [0.05, 0.1) is 0 Å². The average molecular weight is 310 g/mol. The minimum atomic E-state index is -0.954. The molecule has 1 aliphatic rings. The minimum absolute atomic E-state index is 0.185. The molecule has 0 aromatic carbocycles. The number of amides is 2. The summed E-state index contributed by atoms with van der Waals surface area (Å²) in [6.45, 7) is 3.26. The molecule has 0 fully saturated rings. The molecular formula is C15H22N2O3S. The summed E-state index contributed by atoms with van der Waals surface area (Å²) in [4.78, 5) is 28.4. The highest BCUT2D eigenvalue weighted by atomic mass is 32.1. The van der Waals surface area contributed by atoms with Gasteiger partial charge in [0.2, 0.25) is 0 Å². The van der Waals surface area contributed by atoms with Crippen LogP contribution in [0.5, 0.6) is 0 Å². The van der Waals surface area contributed by atoms with Crippen molar-refractivity contribution in [1.82, 2.24) is 9.80 Å². The van der Waals surface area contributed by atoms with Gasteiger partial charge in [-0.2, -0.15) is 0 Å². The number of carbonyl (C=O) groups excluding carboxylic acids is 1. The van der Waals surface area contributed by atoms with Crippen LogP contribution in [0.25, 0.3) is 0 Å². The van der Waals surface area contributed by atoms with E-state index in [2.05, 4.69) is 6.92 Å². The van der Waals surface area contributed by atoms with Crippen molar-refractivity contribution in [3.8, 4) is 0 Å². The van der Waals surface area contributed by atoms with Crippen molar-refractivity contribution >= 4 is 23.3 Å². The summed E-state index contributed by atoms with van der Waals surface area (Å²) in [6.07, 6.45) is 3.87. The van der Waals surface area contributed by atoms with Crippen molar-refractivity contribution in [3.63, 3.8) is 0 Å². The van der Waals surface area contributed by atoms with Gasteiger partial charge in [-0.25, -0.2) is 9.59 Å². The normalized spacial score (nSPS) is 17.4. The number of nitrogens with zero attached hydrogens (tertiary/aromatic N) is 2. The molecule has 2 rings (SSSR count). The molecule has 0 aliphatic carbocycles. The molecule has 0 bridgehead atoms. The van der Waals surface area contributed by atoms with E-state index in [1.165, 1.54) is 4.90 Å². The van der Waals surface area contributed by atoms with Crippen molar-refractivity contribution in [2.75, 3.05) is 20.1 Å². The molecule has 116 valence electrons. The summed E-state index contributed by atoms with van der Waals surface area (Å²) in [6, 6.07) is 0.798. The molecule has 1 aromatic heterocycles. The fraction of sp³-hybridized carbons (Fsp3) is 0.600. The second kappa shape index (κ2) is 6.93. The number of carbonyl (C=O) groups is 2. The van der Waals surface area contributed by atoms with Crippen LogP contribution in [0.15, 0.2) is 11.4 Å². The Morgan fingerprint density at radius 1 is 1.48 bits per heavy atom. The number of carboxylic acids is 1. The number of fused-ring (bicyclic) bond motifs is 1. The third kappa shape index (κ3) is 3.37. The van der Waals surface area contributed by atoms with Gasteiger partial charge in [0, 0.05) is 25.0 Å². The van der Waals surface area contributed by atoms with Crippen LogP contribution in [-0.4, -0.2) is 47.0 Å². The number of carboxylic acid groups (broad SMARTS) is 1. The van der Waals surface area contributed by atoms with Crippen molar-refractivity contribution in [3.05, 3.63) is 21.9 Å². The minimum Gasteiger partial charge on any atom is -0.479 e. The molecule has 1 aromatic rings. The SMILES string of the molecule is CCCCCN(C)C(=O)N1CCc2sccc2C1C(=O)O. The van der Waals surface area contributed by atoms with Crippen molar-refractivity contribution in [2.45, 2.75) is 38.6 Å². The number of unbranched alkanes of at least 4 members (excludes halogenated alkanes) is 2.